The van der Waals surface area contributed by atoms with Gasteiger partial charge in [-0.2, -0.15) is 0 Å². The van der Waals surface area contributed by atoms with Gasteiger partial charge in [0.1, 0.15) is 11.6 Å². The van der Waals surface area contributed by atoms with Gasteiger partial charge in [0.15, 0.2) is 11.6 Å². The van der Waals surface area contributed by atoms with Gasteiger partial charge in [-0.3, -0.25) is 0 Å². The van der Waals surface area contributed by atoms with E-state index in [4.69, 9.17) is 4.74 Å². The second kappa shape index (κ2) is 7.85. The van der Waals surface area contributed by atoms with Crippen LogP contribution in [0.3, 0.4) is 0 Å². The Morgan fingerprint density at radius 3 is 2.40 bits per heavy atom. The molecule has 0 unspecified atom stereocenters. The van der Waals surface area contributed by atoms with Crippen molar-refractivity contribution in [1.82, 2.24) is 3.97 Å². The first-order chi connectivity index (χ1) is 14.3. The molecular weight excluding hydrogens is 476 g/mol. The molecule has 0 amide bonds. The third kappa shape index (κ3) is 3.50. The Hall–Kier alpha value is -2.71. The normalized spacial score (nSPS) is 11.7. The van der Waals surface area contributed by atoms with Crippen molar-refractivity contribution in [2.75, 3.05) is 0 Å². The fourth-order valence-corrected chi connectivity index (χ4v) is 5.15. The summed E-state index contributed by atoms with van der Waals surface area (Å²) in [6.07, 6.45) is 1.39. The van der Waals surface area contributed by atoms with E-state index in [0.29, 0.717) is 16.5 Å². The van der Waals surface area contributed by atoms with E-state index >= 15 is 4.39 Å². The number of fused-ring (bicyclic) bond motifs is 1. The van der Waals surface area contributed by atoms with Crippen LogP contribution in [0.15, 0.2) is 71.8 Å². The van der Waals surface area contributed by atoms with Gasteiger partial charge in [-0.15, -0.1) is 0 Å². The van der Waals surface area contributed by atoms with Gasteiger partial charge in [-0.1, -0.05) is 34.1 Å². The largest absolute Gasteiger partial charge is 0.454 e. The quantitative estimate of drug-likeness (QED) is 0.314. The van der Waals surface area contributed by atoms with Crippen LogP contribution in [0.2, 0.25) is 0 Å². The molecule has 0 saturated heterocycles. The van der Waals surface area contributed by atoms with E-state index in [9.17, 15) is 12.8 Å². The molecule has 0 saturated carbocycles. The molecule has 30 heavy (non-hydrogen) atoms. The Kier molecular flexibility index (Phi) is 5.38. The predicted molar refractivity (Wildman–Crippen MR) is 115 cm³/mol. The first kappa shape index (κ1) is 20.6. The molecule has 0 radical (unpaired) electrons. The molecule has 1 heterocycles. The first-order valence-corrected chi connectivity index (χ1v) is 11.5. The van der Waals surface area contributed by atoms with Crippen LogP contribution in [0.25, 0.3) is 10.9 Å². The van der Waals surface area contributed by atoms with Crippen LogP contribution in [0.5, 0.6) is 11.5 Å². The number of rotatable bonds is 5. The lowest BCUT2D eigenvalue weighted by atomic mass is 10.1. The van der Waals surface area contributed by atoms with Crippen molar-refractivity contribution < 1.29 is 21.9 Å². The summed E-state index contributed by atoms with van der Waals surface area (Å²) in [6, 6.07) is 14.8. The molecule has 0 aliphatic rings. The molecule has 4 rings (SSSR count). The van der Waals surface area contributed by atoms with Gasteiger partial charge in [0, 0.05) is 28.5 Å². The van der Waals surface area contributed by atoms with Gasteiger partial charge in [0.2, 0.25) is 0 Å². The maximum absolute atomic E-state index is 15.1. The summed E-state index contributed by atoms with van der Waals surface area (Å²) in [4.78, 5) is 0.102. The number of ether oxygens (including phenoxy) is 1. The molecule has 0 bridgehead atoms. The molecule has 0 aliphatic carbocycles. The van der Waals surface area contributed by atoms with E-state index in [1.54, 1.807) is 31.2 Å². The topological polar surface area (TPSA) is 48.3 Å². The molecule has 4 nitrogen and oxygen atoms in total. The molecule has 1 aromatic heterocycles. The van der Waals surface area contributed by atoms with Gasteiger partial charge in [0.25, 0.3) is 10.0 Å². The second-order valence-corrected chi connectivity index (χ2v) is 9.05. The molecule has 0 aliphatic heterocycles. The standard InChI is InChI=1S/C22H16BrF2NO3S/c1-14-11-15(7-8-19(14)24)29-22-18(13-23)17-9-10-26(21(17)12-20(22)25)30(27,28)16-5-3-2-4-6-16/h2-12H,13H2,1H3. The smallest absolute Gasteiger partial charge is 0.268 e. The number of benzene rings is 3. The second-order valence-electron chi connectivity index (χ2n) is 6.68. The van der Waals surface area contributed by atoms with Crippen LogP contribution in [-0.4, -0.2) is 12.4 Å². The van der Waals surface area contributed by atoms with Crippen LogP contribution in [0.1, 0.15) is 11.1 Å². The molecule has 0 N–H and O–H groups in total. The lowest BCUT2D eigenvalue weighted by Crippen LogP contribution is -2.12. The number of nitrogens with zero attached hydrogens (tertiary/aromatic N) is 1. The van der Waals surface area contributed by atoms with E-state index in [2.05, 4.69) is 15.9 Å². The fraction of sp³-hybridized carbons (Fsp3) is 0.0909. The number of halogens is 3. The lowest BCUT2D eigenvalue weighted by molar-refractivity contribution is 0.438. The number of hydrogen-bond donors (Lipinski definition) is 0. The summed E-state index contributed by atoms with van der Waals surface area (Å²) in [5.41, 5.74) is 1.02. The van der Waals surface area contributed by atoms with Gasteiger partial charge >= 0.3 is 0 Å². The number of aryl methyl sites for hydroxylation is 1. The van der Waals surface area contributed by atoms with Crippen LogP contribution in [0.4, 0.5) is 8.78 Å². The zero-order chi connectivity index (χ0) is 21.5. The molecule has 0 atom stereocenters. The molecule has 8 heteroatoms. The van der Waals surface area contributed by atoms with Crippen LogP contribution in [-0.2, 0) is 15.4 Å². The molecule has 3 aromatic carbocycles. The third-order valence-electron chi connectivity index (χ3n) is 4.75. The zero-order valence-corrected chi connectivity index (χ0v) is 18.2. The van der Waals surface area contributed by atoms with E-state index in [0.717, 1.165) is 10.0 Å². The SMILES string of the molecule is Cc1cc(Oc2c(F)cc3c(ccn3S(=O)(=O)c3ccccc3)c2CBr)ccc1F. The minimum atomic E-state index is -3.89. The zero-order valence-electron chi connectivity index (χ0n) is 15.8. The Balaban J connectivity index is 1.86. The van der Waals surface area contributed by atoms with Crippen molar-refractivity contribution in [3.63, 3.8) is 0 Å². The first-order valence-electron chi connectivity index (χ1n) is 8.96. The van der Waals surface area contributed by atoms with Gasteiger partial charge in [0.05, 0.1) is 10.4 Å². The number of alkyl halides is 1. The van der Waals surface area contributed by atoms with E-state index < -0.39 is 15.8 Å². The maximum atomic E-state index is 15.1. The highest BCUT2D eigenvalue weighted by atomic mass is 79.9. The highest BCUT2D eigenvalue weighted by molar-refractivity contribution is 9.08. The van der Waals surface area contributed by atoms with E-state index in [1.165, 1.54) is 36.5 Å². The molecule has 0 spiro atoms. The van der Waals surface area contributed by atoms with Crippen LogP contribution < -0.4 is 4.74 Å². The van der Waals surface area contributed by atoms with Gasteiger partial charge in [-0.05, 0) is 48.9 Å². The summed E-state index contributed by atoms with van der Waals surface area (Å²) in [6.45, 7) is 1.59. The summed E-state index contributed by atoms with van der Waals surface area (Å²) >= 11 is 3.34. The molecular formula is C22H16BrF2NO3S. The summed E-state index contributed by atoms with van der Waals surface area (Å²) < 4.78 is 61.4. The Morgan fingerprint density at radius 2 is 1.73 bits per heavy atom. The fourth-order valence-electron chi connectivity index (χ4n) is 3.23. The highest BCUT2D eigenvalue weighted by Crippen LogP contribution is 2.37. The van der Waals surface area contributed by atoms with E-state index in [-0.39, 0.29) is 33.1 Å². The third-order valence-corrected chi connectivity index (χ3v) is 7.02. The van der Waals surface area contributed by atoms with Crippen molar-refractivity contribution in [1.29, 1.82) is 0 Å². The van der Waals surface area contributed by atoms with E-state index in [1.807, 2.05) is 0 Å². The van der Waals surface area contributed by atoms with Crippen LogP contribution >= 0.6 is 15.9 Å². The lowest BCUT2D eigenvalue weighted by Gasteiger charge is -2.14. The Labute approximate surface area is 180 Å². The van der Waals surface area contributed by atoms with Crippen molar-refractivity contribution in [3.8, 4) is 11.5 Å². The van der Waals surface area contributed by atoms with Crippen molar-refractivity contribution >= 4 is 36.9 Å². The summed E-state index contributed by atoms with van der Waals surface area (Å²) in [5.74, 6) is -0.866. The van der Waals surface area contributed by atoms with Crippen molar-refractivity contribution in [3.05, 3.63) is 89.6 Å². The Morgan fingerprint density at radius 1 is 1.00 bits per heavy atom. The number of hydrogen-bond acceptors (Lipinski definition) is 3. The summed E-state index contributed by atoms with van der Waals surface area (Å²) in [5, 5.41) is 0.758. The van der Waals surface area contributed by atoms with Gasteiger partial charge < -0.3 is 4.74 Å². The van der Waals surface area contributed by atoms with Gasteiger partial charge in [-0.25, -0.2) is 21.2 Å². The predicted octanol–water partition coefficient (Wildman–Crippen LogP) is 6.15. The average molecular weight is 492 g/mol. The average Bonchev–Trinajstić information content (AvgIpc) is 3.16. The minimum Gasteiger partial charge on any atom is -0.454 e. The molecule has 0 fully saturated rings. The molecule has 4 aromatic rings. The van der Waals surface area contributed by atoms with Crippen molar-refractivity contribution in [2.45, 2.75) is 17.1 Å². The Bertz CT molecular complexity index is 1350. The van der Waals surface area contributed by atoms with Crippen molar-refractivity contribution in [2.24, 2.45) is 0 Å². The monoisotopic (exact) mass is 491 g/mol. The van der Waals surface area contributed by atoms with Crippen LogP contribution in [0, 0.1) is 18.6 Å². The summed E-state index contributed by atoms with van der Waals surface area (Å²) in [7, 11) is -3.89. The molecule has 154 valence electrons. The maximum Gasteiger partial charge on any atom is 0.268 e. The number of aromatic nitrogens is 1. The highest BCUT2D eigenvalue weighted by Gasteiger charge is 2.23. The minimum absolute atomic E-state index is 0.0414.